The van der Waals surface area contributed by atoms with Gasteiger partial charge in [0.15, 0.2) is 0 Å². The highest BCUT2D eigenvalue weighted by atomic mass is 16.3. The predicted molar refractivity (Wildman–Crippen MR) is 39.6 cm³/mol. The number of rotatable bonds is 4. The number of carbonyl (C=O) groups is 1. The van der Waals surface area contributed by atoms with E-state index in [0.29, 0.717) is 0 Å². The molecule has 0 aliphatic heterocycles. The highest BCUT2D eigenvalue weighted by Gasteiger charge is 2.05. The SMILES string of the molecule is CCC(CC)NC(=O)CO. The van der Waals surface area contributed by atoms with Gasteiger partial charge < -0.3 is 10.4 Å². The van der Waals surface area contributed by atoms with Gasteiger partial charge in [-0.15, -0.1) is 0 Å². The lowest BCUT2D eigenvalue weighted by Crippen LogP contribution is -2.35. The standard InChI is InChI=1S/C7H15NO2/c1-3-6(4-2)8-7(10)5-9/h6,9H,3-5H2,1-2H3,(H,8,10). The molecule has 0 bridgehead atoms. The molecule has 0 rings (SSSR count). The van der Waals surface area contributed by atoms with Crippen LogP contribution in [-0.4, -0.2) is 23.7 Å². The Morgan fingerprint density at radius 1 is 1.50 bits per heavy atom. The van der Waals surface area contributed by atoms with E-state index < -0.39 is 6.61 Å². The first-order chi connectivity index (χ1) is 4.74. The van der Waals surface area contributed by atoms with Crippen LogP contribution in [0.5, 0.6) is 0 Å². The highest BCUT2D eigenvalue weighted by molar-refractivity contribution is 5.77. The molecule has 0 atom stereocenters. The summed E-state index contributed by atoms with van der Waals surface area (Å²) >= 11 is 0. The molecule has 1 amide bonds. The van der Waals surface area contributed by atoms with Crippen molar-refractivity contribution in [2.45, 2.75) is 32.7 Å². The van der Waals surface area contributed by atoms with Crippen LogP contribution in [0.15, 0.2) is 0 Å². The lowest BCUT2D eigenvalue weighted by molar-refractivity contribution is -0.124. The smallest absolute Gasteiger partial charge is 0.245 e. The Morgan fingerprint density at radius 2 is 2.00 bits per heavy atom. The van der Waals surface area contributed by atoms with Crippen molar-refractivity contribution in [2.24, 2.45) is 0 Å². The summed E-state index contributed by atoms with van der Waals surface area (Å²) in [6, 6.07) is 0.222. The van der Waals surface area contributed by atoms with Crippen molar-refractivity contribution in [3.63, 3.8) is 0 Å². The fraction of sp³-hybridized carbons (Fsp3) is 0.857. The number of aliphatic hydroxyl groups excluding tert-OH is 1. The molecule has 60 valence electrons. The summed E-state index contributed by atoms with van der Waals surface area (Å²) < 4.78 is 0. The first-order valence-corrected chi connectivity index (χ1v) is 3.64. The molecule has 0 heterocycles. The van der Waals surface area contributed by atoms with Gasteiger partial charge in [0.25, 0.3) is 0 Å². The van der Waals surface area contributed by atoms with Gasteiger partial charge in [-0.25, -0.2) is 0 Å². The van der Waals surface area contributed by atoms with Gasteiger partial charge in [-0.3, -0.25) is 4.79 Å². The average molecular weight is 145 g/mol. The second-order valence-electron chi connectivity index (χ2n) is 2.24. The van der Waals surface area contributed by atoms with E-state index in [9.17, 15) is 4.79 Å². The number of hydrogen-bond acceptors (Lipinski definition) is 2. The van der Waals surface area contributed by atoms with E-state index in [1.165, 1.54) is 0 Å². The Balaban J connectivity index is 3.52. The highest BCUT2D eigenvalue weighted by Crippen LogP contribution is 1.94. The van der Waals surface area contributed by atoms with Crippen LogP contribution in [-0.2, 0) is 4.79 Å². The summed E-state index contributed by atoms with van der Waals surface area (Å²) in [5, 5.41) is 11.0. The maximum Gasteiger partial charge on any atom is 0.245 e. The number of aliphatic hydroxyl groups is 1. The number of nitrogens with one attached hydrogen (secondary N) is 1. The molecule has 0 aliphatic rings. The van der Waals surface area contributed by atoms with Crippen LogP contribution in [0, 0.1) is 0 Å². The van der Waals surface area contributed by atoms with Crippen LogP contribution in [0.1, 0.15) is 26.7 Å². The summed E-state index contributed by atoms with van der Waals surface area (Å²) in [5.74, 6) is -0.284. The zero-order valence-corrected chi connectivity index (χ0v) is 6.55. The third-order valence-corrected chi connectivity index (χ3v) is 1.49. The summed E-state index contributed by atoms with van der Waals surface area (Å²) in [5.41, 5.74) is 0. The second-order valence-corrected chi connectivity index (χ2v) is 2.24. The molecular weight excluding hydrogens is 130 g/mol. The van der Waals surface area contributed by atoms with Crippen LogP contribution in [0.4, 0.5) is 0 Å². The third kappa shape index (κ3) is 3.45. The topological polar surface area (TPSA) is 49.3 Å². The van der Waals surface area contributed by atoms with Crippen molar-refractivity contribution < 1.29 is 9.90 Å². The second kappa shape index (κ2) is 5.23. The minimum atomic E-state index is -0.406. The van der Waals surface area contributed by atoms with E-state index >= 15 is 0 Å². The molecule has 0 saturated heterocycles. The Kier molecular flexibility index (Phi) is 4.94. The molecule has 0 spiro atoms. The van der Waals surface area contributed by atoms with Crippen molar-refractivity contribution in [1.82, 2.24) is 5.32 Å². The van der Waals surface area contributed by atoms with Crippen molar-refractivity contribution in [2.75, 3.05) is 6.61 Å². The molecule has 0 aliphatic carbocycles. The molecule has 0 unspecified atom stereocenters. The van der Waals surface area contributed by atoms with Crippen LogP contribution in [0.3, 0.4) is 0 Å². The van der Waals surface area contributed by atoms with Gasteiger partial charge in [0.1, 0.15) is 6.61 Å². The van der Waals surface area contributed by atoms with Gasteiger partial charge >= 0.3 is 0 Å². The number of amides is 1. The van der Waals surface area contributed by atoms with Crippen molar-refractivity contribution in [3.05, 3.63) is 0 Å². The molecule has 3 heteroatoms. The Hall–Kier alpha value is -0.570. The Morgan fingerprint density at radius 3 is 2.30 bits per heavy atom. The zero-order chi connectivity index (χ0) is 7.98. The van der Waals surface area contributed by atoms with E-state index in [-0.39, 0.29) is 11.9 Å². The summed E-state index contributed by atoms with van der Waals surface area (Å²) in [6.07, 6.45) is 1.84. The first kappa shape index (κ1) is 9.43. The first-order valence-electron chi connectivity index (χ1n) is 3.64. The van der Waals surface area contributed by atoms with E-state index in [1.807, 2.05) is 13.8 Å². The van der Waals surface area contributed by atoms with Crippen molar-refractivity contribution >= 4 is 5.91 Å². The molecule has 0 radical (unpaired) electrons. The predicted octanol–water partition coefficient (Wildman–Crippen LogP) is 0.283. The van der Waals surface area contributed by atoms with E-state index in [1.54, 1.807) is 0 Å². The van der Waals surface area contributed by atoms with Gasteiger partial charge in [-0.1, -0.05) is 13.8 Å². The lowest BCUT2D eigenvalue weighted by atomic mass is 10.2. The van der Waals surface area contributed by atoms with Crippen LogP contribution in [0.25, 0.3) is 0 Å². The maximum atomic E-state index is 10.6. The van der Waals surface area contributed by atoms with Gasteiger partial charge in [-0.2, -0.15) is 0 Å². The molecule has 0 fully saturated rings. The van der Waals surface area contributed by atoms with Gasteiger partial charge in [0.2, 0.25) is 5.91 Å². The average Bonchev–Trinajstić information content (AvgIpc) is 1.99. The Bertz CT molecular complexity index is 99.8. The lowest BCUT2D eigenvalue weighted by Gasteiger charge is -2.12. The van der Waals surface area contributed by atoms with E-state index in [4.69, 9.17) is 5.11 Å². The summed E-state index contributed by atoms with van der Waals surface area (Å²) in [4.78, 5) is 10.6. The van der Waals surface area contributed by atoms with Crippen molar-refractivity contribution in [3.8, 4) is 0 Å². The molecule has 0 aromatic heterocycles. The fourth-order valence-corrected chi connectivity index (χ4v) is 0.766. The number of hydrogen-bond donors (Lipinski definition) is 2. The normalized spacial score (nSPS) is 10.0. The van der Waals surface area contributed by atoms with Gasteiger partial charge in [0.05, 0.1) is 0 Å². The molecule has 10 heavy (non-hydrogen) atoms. The van der Waals surface area contributed by atoms with E-state index in [2.05, 4.69) is 5.32 Å². The molecule has 2 N–H and O–H groups in total. The van der Waals surface area contributed by atoms with Crippen LogP contribution < -0.4 is 5.32 Å². The van der Waals surface area contributed by atoms with Crippen LogP contribution >= 0.6 is 0 Å². The monoisotopic (exact) mass is 145 g/mol. The Labute approximate surface area is 61.4 Å². The van der Waals surface area contributed by atoms with Gasteiger partial charge in [0, 0.05) is 6.04 Å². The molecule has 3 nitrogen and oxygen atoms in total. The summed E-state index contributed by atoms with van der Waals surface area (Å²) in [7, 11) is 0. The van der Waals surface area contributed by atoms with Crippen molar-refractivity contribution in [1.29, 1.82) is 0 Å². The molecule has 0 aromatic carbocycles. The molecular formula is C7H15NO2. The fourth-order valence-electron chi connectivity index (χ4n) is 0.766. The summed E-state index contributed by atoms with van der Waals surface area (Å²) in [6.45, 7) is 3.61. The largest absolute Gasteiger partial charge is 0.387 e. The van der Waals surface area contributed by atoms with Gasteiger partial charge in [-0.05, 0) is 12.8 Å². The minimum Gasteiger partial charge on any atom is -0.387 e. The third-order valence-electron chi connectivity index (χ3n) is 1.49. The minimum absolute atomic E-state index is 0.222. The van der Waals surface area contributed by atoms with Crippen LogP contribution in [0.2, 0.25) is 0 Å². The maximum absolute atomic E-state index is 10.6. The molecule has 0 aromatic rings. The molecule has 0 saturated carbocycles. The number of carbonyl (C=O) groups excluding carboxylic acids is 1. The quantitative estimate of drug-likeness (QED) is 0.597. The zero-order valence-electron chi connectivity index (χ0n) is 6.55. The van der Waals surface area contributed by atoms with E-state index in [0.717, 1.165) is 12.8 Å².